The van der Waals surface area contributed by atoms with Crippen LogP contribution >= 0.6 is 23.2 Å². The highest BCUT2D eigenvalue weighted by atomic mass is 35.5. The normalized spacial score (nSPS) is 23.5. The quantitative estimate of drug-likeness (QED) is 0.889. The molecule has 0 bridgehead atoms. The summed E-state index contributed by atoms with van der Waals surface area (Å²) >= 11 is 12.1. The van der Waals surface area contributed by atoms with Crippen LogP contribution in [0.25, 0.3) is 0 Å². The Morgan fingerprint density at radius 3 is 2.79 bits per heavy atom. The molecule has 0 aliphatic carbocycles. The van der Waals surface area contributed by atoms with E-state index in [0.29, 0.717) is 28.6 Å². The first-order chi connectivity index (χ1) is 11.5. The Balaban J connectivity index is 1.78. The number of benzene rings is 1. The van der Waals surface area contributed by atoms with Crippen molar-refractivity contribution in [2.45, 2.75) is 31.3 Å². The summed E-state index contributed by atoms with van der Waals surface area (Å²) in [6.45, 7) is 2.30. The predicted octanol–water partition coefficient (Wildman–Crippen LogP) is 2.42. The summed E-state index contributed by atoms with van der Waals surface area (Å²) in [6, 6.07) is 4.61. The molecule has 2 saturated heterocycles. The van der Waals surface area contributed by atoms with Gasteiger partial charge in [0.1, 0.15) is 6.04 Å². The third kappa shape index (κ3) is 3.39. The van der Waals surface area contributed by atoms with Crippen LogP contribution in [0, 0.1) is 0 Å². The zero-order chi connectivity index (χ0) is 17.3. The van der Waals surface area contributed by atoms with Crippen LogP contribution in [0.5, 0.6) is 0 Å². The van der Waals surface area contributed by atoms with Gasteiger partial charge in [0.2, 0.25) is 5.91 Å². The monoisotopic (exact) mass is 369 g/mol. The van der Waals surface area contributed by atoms with E-state index in [1.165, 1.54) is 0 Å². The average Bonchev–Trinajstić information content (AvgIpc) is 3.26. The number of hydrogen-bond acceptors (Lipinski definition) is 3. The van der Waals surface area contributed by atoms with Gasteiger partial charge < -0.3 is 15.1 Å². The lowest BCUT2D eigenvalue weighted by atomic mass is 10.1. The zero-order valence-electron chi connectivity index (χ0n) is 13.6. The maximum Gasteiger partial charge on any atom is 0.256 e. The average molecular weight is 370 g/mol. The van der Waals surface area contributed by atoms with Crippen LogP contribution in [-0.4, -0.2) is 60.4 Å². The van der Waals surface area contributed by atoms with Gasteiger partial charge in [-0.3, -0.25) is 9.59 Å². The van der Waals surface area contributed by atoms with Gasteiger partial charge >= 0.3 is 0 Å². The fraction of sp³-hybridized carbons (Fsp3) is 0.529. The second-order valence-corrected chi connectivity index (χ2v) is 7.22. The van der Waals surface area contributed by atoms with Gasteiger partial charge in [-0.15, -0.1) is 0 Å². The maximum absolute atomic E-state index is 12.9. The molecule has 5 nitrogen and oxygen atoms in total. The molecular weight excluding hydrogens is 349 g/mol. The van der Waals surface area contributed by atoms with Crippen LogP contribution in [0.2, 0.25) is 10.0 Å². The van der Waals surface area contributed by atoms with E-state index in [0.717, 1.165) is 25.9 Å². The molecule has 0 saturated carbocycles. The van der Waals surface area contributed by atoms with E-state index < -0.39 is 6.04 Å². The number of carbonyl (C=O) groups is 2. The van der Waals surface area contributed by atoms with Crippen LogP contribution < -0.4 is 5.32 Å². The van der Waals surface area contributed by atoms with E-state index in [-0.39, 0.29) is 17.9 Å². The molecule has 2 amide bonds. The van der Waals surface area contributed by atoms with Crippen molar-refractivity contribution in [3.63, 3.8) is 0 Å². The van der Waals surface area contributed by atoms with E-state index in [1.807, 2.05) is 7.05 Å². The first-order valence-corrected chi connectivity index (χ1v) is 8.98. The largest absolute Gasteiger partial charge is 0.340 e. The summed E-state index contributed by atoms with van der Waals surface area (Å²) in [5.74, 6) is -0.219. The first-order valence-electron chi connectivity index (χ1n) is 8.22. The van der Waals surface area contributed by atoms with E-state index in [9.17, 15) is 9.59 Å². The van der Waals surface area contributed by atoms with Crippen LogP contribution in [0.1, 0.15) is 29.6 Å². The van der Waals surface area contributed by atoms with Crippen molar-refractivity contribution in [1.82, 2.24) is 15.1 Å². The molecule has 2 atom stereocenters. The molecule has 0 spiro atoms. The highest BCUT2D eigenvalue weighted by Crippen LogP contribution is 2.27. The number of likely N-dealkylation sites (N-methyl/N-ethyl adjacent to an activating group) is 1. The van der Waals surface area contributed by atoms with Crippen molar-refractivity contribution in [3.8, 4) is 0 Å². The third-order valence-corrected chi connectivity index (χ3v) is 5.45. The number of likely N-dealkylation sites (tertiary alicyclic amines) is 1. The van der Waals surface area contributed by atoms with Crippen molar-refractivity contribution >= 4 is 35.0 Å². The molecule has 1 aromatic rings. The summed E-state index contributed by atoms with van der Waals surface area (Å²) in [5, 5.41) is 4.08. The molecule has 3 rings (SSSR count). The molecule has 130 valence electrons. The standard InChI is InChI=1S/C17H21Cl2N3O2/c1-21(12-6-7-20-10-12)17(24)15-3-2-8-22(15)16(23)13-9-11(18)4-5-14(13)19/h4-5,9,12,15,20H,2-3,6-8,10H2,1H3. The number of halogens is 2. The Hall–Kier alpha value is -1.30. The lowest BCUT2D eigenvalue weighted by Crippen LogP contribution is -2.50. The molecule has 1 N–H and O–H groups in total. The molecule has 7 heteroatoms. The molecule has 24 heavy (non-hydrogen) atoms. The molecule has 2 unspecified atom stereocenters. The minimum absolute atomic E-state index is 0.00713. The second kappa shape index (κ2) is 7.30. The Kier molecular flexibility index (Phi) is 5.33. The van der Waals surface area contributed by atoms with Gasteiger partial charge in [-0.25, -0.2) is 0 Å². The molecule has 2 aliphatic rings. The SMILES string of the molecule is CN(C(=O)C1CCCN1C(=O)c1cc(Cl)ccc1Cl)C1CCNC1. The van der Waals surface area contributed by atoms with Gasteiger partial charge in [-0.05, 0) is 44.0 Å². The highest BCUT2D eigenvalue weighted by molar-refractivity contribution is 6.35. The second-order valence-electron chi connectivity index (χ2n) is 6.38. The molecule has 0 radical (unpaired) electrons. The topological polar surface area (TPSA) is 52.7 Å². The number of nitrogens with one attached hydrogen (secondary N) is 1. The highest BCUT2D eigenvalue weighted by Gasteiger charge is 2.38. The molecule has 2 aliphatic heterocycles. The van der Waals surface area contributed by atoms with Gasteiger partial charge in [-0.2, -0.15) is 0 Å². The fourth-order valence-electron chi connectivity index (χ4n) is 3.47. The summed E-state index contributed by atoms with van der Waals surface area (Å²) in [4.78, 5) is 29.2. The van der Waals surface area contributed by atoms with E-state index in [2.05, 4.69) is 5.32 Å². The van der Waals surface area contributed by atoms with Crippen LogP contribution in [0.15, 0.2) is 18.2 Å². The summed E-state index contributed by atoms with van der Waals surface area (Å²) < 4.78 is 0. The van der Waals surface area contributed by atoms with Crippen molar-refractivity contribution in [2.24, 2.45) is 0 Å². The Bertz CT molecular complexity index is 647. The molecule has 2 heterocycles. The van der Waals surface area contributed by atoms with E-state index >= 15 is 0 Å². The van der Waals surface area contributed by atoms with Crippen molar-refractivity contribution in [1.29, 1.82) is 0 Å². The van der Waals surface area contributed by atoms with Gasteiger partial charge in [0.15, 0.2) is 0 Å². The van der Waals surface area contributed by atoms with Crippen LogP contribution in [-0.2, 0) is 4.79 Å². The lowest BCUT2D eigenvalue weighted by molar-refractivity contribution is -0.135. The number of hydrogen-bond donors (Lipinski definition) is 1. The van der Waals surface area contributed by atoms with Crippen molar-refractivity contribution in [2.75, 3.05) is 26.7 Å². The number of carbonyl (C=O) groups excluding carboxylic acids is 2. The molecule has 1 aromatic carbocycles. The van der Waals surface area contributed by atoms with Gasteiger partial charge in [0, 0.05) is 31.2 Å². The first kappa shape index (κ1) is 17.5. The zero-order valence-corrected chi connectivity index (χ0v) is 15.1. The van der Waals surface area contributed by atoms with E-state index in [1.54, 1.807) is 28.0 Å². The lowest BCUT2D eigenvalue weighted by Gasteiger charge is -2.31. The van der Waals surface area contributed by atoms with Crippen molar-refractivity contribution < 1.29 is 9.59 Å². The molecule has 0 aromatic heterocycles. The minimum Gasteiger partial charge on any atom is -0.340 e. The predicted molar refractivity (Wildman–Crippen MR) is 94.6 cm³/mol. The smallest absolute Gasteiger partial charge is 0.256 e. The number of nitrogens with zero attached hydrogens (tertiary/aromatic N) is 2. The molecule has 2 fully saturated rings. The number of amides is 2. The summed E-state index contributed by atoms with van der Waals surface area (Å²) in [5.41, 5.74) is 0.356. The van der Waals surface area contributed by atoms with E-state index in [4.69, 9.17) is 23.2 Å². The third-order valence-electron chi connectivity index (χ3n) is 4.89. The fourth-order valence-corrected chi connectivity index (χ4v) is 3.84. The number of rotatable bonds is 3. The maximum atomic E-state index is 12.9. The van der Waals surface area contributed by atoms with Crippen molar-refractivity contribution in [3.05, 3.63) is 33.8 Å². The van der Waals surface area contributed by atoms with Gasteiger partial charge in [-0.1, -0.05) is 23.2 Å². The Morgan fingerprint density at radius 2 is 2.08 bits per heavy atom. The Morgan fingerprint density at radius 1 is 1.29 bits per heavy atom. The van der Waals surface area contributed by atoms with Crippen LogP contribution in [0.3, 0.4) is 0 Å². The van der Waals surface area contributed by atoms with Gasteiger partial charge in [0.25, 0.3) is 5.91 Å². The van der Waals surface area contributed by atoms with Gasteiger partial charge in [0.05, 0.1) is 10.6 Å². The van der Waals surface area contributed by atoms with Crippen LogP contribution in [0.4, 0.5) is 0 Å². The summed E-state index contributed by atoms with van der Waals surface area (Å²) in [7, 11) is 1.83. The Labute approximate surface area is 151 Å². The molecular formula is C17H21Cl2N3O2. The summed E-state index contributed by atoms with van der Waals surface area (Å²) in [6.07, 6.45) is 2.45. The minimum atomic E-state index is -0.418.